The van der Waals surface area contributed by atoms with E-state index in [1.807, 2.05) is 0 Å². The lowest BCUT2D eigenvalue weighted by Gasteiger charge is -2.24. The van der Waals surface area contributed by atoms with Crippen molar-refractivity contribution in [3.63, 3.8) is 0 Å². The quantitative estimate of drug-likeness (QED) is 0.696. The highest BCUT2D eigenvalue weighted by Crippen LogP contribution is 2.08. The van der Waals surface area contributed by atoms with Gasteiger partial charge in [-0.25, -0.2) is 9.18 Å². The zero-order valence-electron chi connectivity index (χ0n) is 12.5. The minimum Gasteiger partial charge on any atom is -0.480 e. The summed E-state index contributed by atoms with van der Waals surface area (Å²) in [4.78, 5) is 34.4. The monoisotopic (exact) mass is 310 g/mol. The first-order valence-electron chi connectivity index (χ1n) is 6.82. The molecule has 0 saturated heterocycles. The zero-order chi connectivity index (χ0) is 16.8. The summed E-state index contributed by atoms with van der Waals surface area (Å²) in [6.07, 6.45) is 0.153. The van der Waals surface area contributed by atoms with Crippen LogP contribution in [0.15, 0.2) is 24.3 Å². The van der Waals surface area contributed by atoms with Gasteiger partial charge in [-0.2, -0.15) is 0 Å². The molecule has 1 aromatic rings. The van der Waals surface area contributed by atoms with Crippen molar-refractivity contribution in [1.29, 1.82) is 0 Å². The van der Waals surface area contributed by atoms with Crippen LogP contribution >= 0.6 is 0 Å². The van der Waals surface area contributed by atoms with Gasteiger partial charge < -0.3 is 15.7 Å². The second-order valence-electron chi connectivity index (χ2n) is 5.12. The molecular weight excluding hydrogens is 291 g/mol. The average molecular weight is 310 g/mol. The molecule has 120 valence electrons. The fourth-order valence-electron chi connectivity index (χ4n) is 1.72. The van der Waals surface area contributed by atoms with E-state index < -0.39 is 29.1 Å². The molecule has 1 unspecified atom stereocenters. The number of hydrogen-bond donors (Lipinski definition) is 3. The van der Waals surface area contributed by atoms with E-state index in [9.17, 15) is 18.8 Å². The summed E-state index contributed by atoms with van der Waals surface area (Å²) >= 11 is 0. The second kappa shape index (κ2) is 7.53. The standard InChI is InChI=1S/C15H19FN2O4/c1-3-15(2,14(21)22)18-13(20)9-17-12(19)8-10-5-4-6-11(16)7-10/h4-7H,3,8-9H2,1-2H3,(H,17,19)(H,18,20)(H,21,22). The van der Waals surface area contributed by atoms with E-state index in [4.69, 9.17) is 5.11 Å². The van der Waals surface area contributed by atoms with Crippen molar-refractivity contribution in [1.82, 2.24) is 10.6 Å². The molecule has 1 aromatic carbocycles. The number of carbonyl (C=O) groups excluding carboxylic acids is 2. The highest BCUT2D eigenvalue weighted by Gasteiger charge is 2.32. The maximum Gasteiger partial charge on any atom is 0.329 e. The number of hydrogen-bond acceptors (Lipinski definition) is 3. The van der Waals surface area contributed by atoms with Crippen molar-refractivity contribution in [3.8, 4) is 0 Å². The molecule has 0 fully saturated rings. The van der Waals surface area contributed by atoms with Gasteiger partial charge in [0.2, 0.25) is 11.8 Å². The average Bonchev–Trinajstić information content (AvgIpc) is 2.45. The van der Waals surface area contributed by atoms with Crippen molar-refractivity contribution in [2.45, 2.75) is 32.2 Å². The minimum atomic E-state index is -1.37. The third kappa shape index (κ3) is 5.16. The molecular formula is C15H19FN2O4. The van der Waals surface area contributed by atoms with Gasteiger partial charge in [0.15, 0.2) is 0 Å². The van der Waals surface area contributed by atoms with E-state index in [0.717, 1.165) is 0 Å². The maximum absolute atomic E-state index is 13.0. The summed E-state index contributed by atoms with van der Waals surface area (Å²) in [5, 5.41) is 13.8. The van der Waals surface area contributed by atoms with Gasteiger partial charge in [-0.3, -0.25) is 9.59 Å². The number of nitrogens with one attached hydrogen (secondary N) is 2. The molecule has 0 aliphatic rings. The van der Waals surface area contributed by atoms with Crippen LogP contribution in [-0.4, -0.2) is 35.0 Å². The van der Waals surface area contributed by atoms with Gasteiger partial charge >= 0.3 is 5.97 Å². The molecule has 0 heterocycles. The first-order valence-corrected chi connectivity index (χ1v) is 6.82. The van der Waals surface area contributed by atoms with Crippen molar-refractivity contribution < 1.29 is 23.9 Å². The van der Waals surface area contributed by atoms with Gasteiger partial charge in [-0.1, -0.05) is 19.1 Å². The Morgan fingerprint density at radius 1 is 1.27 bits per heavy atom. The van der Waals surface area contributed by atoms with E-state index in [1.165, 1.54) is 25.1 Å². The molecule has 3 N–H and O–H groups in total. The van der Waals surface area contributed by atoms with Crippen LogP contribution in [0.25, 0.3) is 0 Å². The summed E-state index contributed by atoms with van der Waals surface area (Å²) in [5.74, 6) is -2.63. The van der Waals surface area contributed by atoms with Crippen LogP contribution in [0.2, 0.25) is 0 Å². The Morgan fingerprint density at radius 3 is 2.50 bits per heavy atom. The topological polar surface area (TPSA) is 95.5 Å². The van der Waals surface area contributed by atoms with Gasteiger partial charge in [0, 0.05) is 0 Å². The van der Waals surface area contributed by atoms with E-state index in [-0.39, 0.29) is 19.4 Å². The summed E-state index contributed by atoms with van der Waals surface area (Å²) in [7, 11) is 0. The molecule has 0 aliphatic carbocycles. The fraction of sp³-hybridized carbons (Fsp3) is 0.400. The largest absolute Gasteiger partial charge is 0.480 e. The molecule has 7 heteroatoms. The van der Waals surface area contributed by atoms with Crippen LogP contribution in [0.3, 0.4) is 0 Å². The number of carbonyl (C=O) groups is 3. The van der Waals surface area contributed by atoms with Gasteiger partial charge in [-0.05, 0) is 31.0 Å². The van der Waals surface area contributed by atoms with Gasteiger partial charge in [0.25, 0.3) is 0 Å². The minimum absolute atomic E-state index is 0.0605. The third-order valence-electron chi connectivity index (χ3n) is 3.29. The van der Waals surface area contributed by atoms with Crippen LogP contribution in [0.5, 0.6) is 0 Å². The maximum atomic E-state index is 13.0. The van der Waals surface area contributed by atoms with Crippen LogP contribution in [0, 0.1) is 5.82 Å². The summed E-state index contributed by atoms with van der Waals surface area (Å²) in [6.45, 7) is 2.69. The highest BCUT2D eigenvalue weighted by atomic mass is 19.1. The molecule has 1 rings (SSSR count). The number of carboxylic acids is 1. The van der Waals surface area contributed by atoms with Crippen molar-refractivity contribution in [2.24, 2.45) is 0 Å². The Hall–Kier alpha value is -2.44. The van der Waals surface area contributed by atoms with Gasteiger partial charge in [0.05, 0.1) is 13.0 Å². The molecule has 0 saturated carbocycles. The Balaban J connectivity index is 2.47. The predicted octanol–water partition coefficient (Wildman–Crippen LogP) is 0.854. The highest BCUT2D eigenvalue weighted by molar-refractivity contribution is 5.90. The molecule has 6 nitrogen and oxygen atoms in total. The second-order valence-corrected chi connectivity index (χ2v) is 5.12. The Bertz CT molecular complexity index is 576. The first-order chi connectivity index (χ1) is 10.3. The van der Waals surface area contributed by atoms with Crippen LogP contribution in [0.1, 0.15) is 25.8 Å². The van der Waals surface area contributed by atoms with Crippen LogP contribution in [-0.2, 0) is 20.8 Å². The van der Waals surface area contributed by atoms with E-state index in [1.54, 1.807) is 13.0 Å². The molecule has 22 heavy (non-hydrogen) atoms. The summed E-state index contributed by atoms with van der Waals surface area (Å²) < 4.78 is 13.0. The number of benzene rings is 1. The number of amides is 2. The molecule has 1 atom stereocenters. The SMILES string of the molecule is CCC(C)(NC(=O)CNC(=O)Cc1cccc(F)c1)C(=O)O. The van der Waals surface area contributed by atoms with Crippen LogP contribution < -0.4 is 10.6 Å². The lowest BCUT2D eigenvalue weighted by molar-refractivity contribution is -0.146. The Morgan fingerprint density at radius 2 is 1.95 bits per heavy atom. The molecule has 0 spiro atoms. The lowest BCUT2D eigenvalue weighted by Crippen LogP contribution is -2.54. The smallest absolute Gasteiger partial charge is 0.329 e. The lowest BCUT2D eigenvalue weighted by atomic mass is 9.99. The molecule has 2 amide bonds. The number of aliphatic carboxylic acids is 1. The normalized spacial score (nSPS) is 13.0. The number of rotatable bonds is 7. The molecule has 0 radical (unpaired) electrons. The van der Waals surface area contributed by atoms with E-state index in [0.29, 0.717) is 5.56 Å². The summed E-state index contributed by atoms with van der Waals surface area (Å²) in [6, 6.07) is 5.59. The van der Waals surface area contributed by atoms with E-state index in [2.05, 4.69) is 10.6 Å². The first kappa shape index (κ1) is 17.6. The third-order valence-corrected chi connectivity index (χ3v) is 3.29. The van der Waals surface area contributed by atoms with Crippen molar-refractivity contribution in [3.05, 3.63) is 35.6 Å². The molecule has 0 aromatic heterocycles. The van der Waals surface area contributed by atoms with Crippen molar-refractivity contribution in [2.75, 3.05) is 6.54 Å². The van der Waals surface area contributed by atoms with Gasteiger partial charge in [-0.15, -0.1) is 0 Å². The molecule has 0 aliphatic heterocycles. The number of halogens is 1. The summed E-state index contributed by atoms with van der Waals surface area (Å²) in [5.41, 5.74) is -0.883. The Labute approximate surface area is 127 Å². The van der Waals surface area contributed by atoms with Gasteiger partial charge in [0.1, 0.15) is 11.4 Å². The van der Waals surface area contributed by atoms with Crippen LogP contribution in [0.4, 0.5) is 4.39 Å². The zero-order valence-corrected chi connectivity index (χ0v) is 12.5. The van der Waals surface area contributed by atoms with Crippen molar-refractivity contribution >= 4 is 17.8 Å². The number of carboxylic acid groups (broad SMARTS) is 1. The fourth-order valence-corrected chi connectivity index (χ4v) is 1.72. The Kier molecular flexibility index (Phi) is 6.03. The molecule has 0 bridgehead atoms. The van der Waals surface area contributed by atoms with E-state index >= 15 is 0 Å². The predicted molar refractivity (Wildman–Crippen MR) is 77.6 cm³/mol.